The molecule has 0 aliphatic rings. The van der Waals surface area contributed by atoms with Crippen LogP contribution in [0.2, 0.25) is 0 Å². The van der Waals surface area contributed by atoms with Gasteiger partial charge in [0.2, 0.25) is 0 Å². The first-order valence-corrected chi connectivity index (χ1v) is 3.16. The molecule has 0 rings (SSSR count). The Hall–Kier alpha value is 0.375. The molecule has 0 heterocycles. The van der Waals surface area contributed by atoms with E-state index in [4.69, 9.17) is 4.65 Å². The van der Waals surface area contributed by atoms with Gasteiger partial charge >= 0.3 is 6.76 Å². The van der Waals surface area contributed by atoms with Crippen molar-refractivity contribution in [1.29, 1.82) is 0 Å². The molecule has 0 aromatic heterocycles. The summed E-state index contributed by atoms with van der Waals surface area (Å²) < 4.78 is 4.82. The maximum atomic E-state index is 4.82. The third-order valence-electron chi connectivity index (χ3n) is 0.331. The van der Waals surface area contributed by atoms with Crippen molar-refractivity contribution in [1.82, 2.24) is 0 Å². The summed E-state index contributed by atoms with van der Waals surface area (Å²) in [4.78, 5) is 0. The zero-order chi connectivity index (χ0) is 4.83. The summed E-state index contributed by atoms with van der Waals surface area (Å²) in [5, 5.41) is 0. The molecule has 1 radical (unpaired) electrons. The Morgan fingerprint density at radius 1 is 1.83 bits per heavy atom. The number of hydrogen-bond acceptors (Lipinski definition) is 2. The van der Waals surface area contributed by atoms with E-state index in [1.165, 1.54) is 0 Å². The average Bonchev–Trinajstić information content (AvgIpc) is 1.61. The van der Waals surface area contributed by atoms with Crippen LogP contribution in [-0.2, 0) is 4.65 Å². The smallest absolute Gasteiger partial charge is 0.371 e. The van der Waals surface area contributed by atoms with Crippen LogP contribution in [0.25, 0.3) is 0 Å². The van der Waals surface area contributed by atoms with Gasteiger partial charge in [0.25, 0.3) is 0 Å². The summed E-state index contributed by atoms with van der Waals surface area (Å²) in [7, 11) is 0. The molecule has 0 aliphatic carbocycles. The third-order valence-corrected chi connectivity index (χ3v) is 0.659. The second-order valence-corrected chi connectivity index (χ2v) is 1.45. The zero-order valence-corrected chi connectivity index (χ0v) is 4.92. The predicted octanol–water partition coefficient (Wildman–Crippen LogP) is 0.920. The first-order chi connectivity index (χ1) is 2.91. The second kappa shape index (κ2) is 5.37. The molecule has 0 N–H and O–H groups in total. The van der Waals surface area contributed by atoms with Crippen molar-refractivity contribution in [2.45, 2.75) is 6.92 Å². The van der Waals surface area contributed by atoms with Crippen LogP contribution < -0.4 is 0 Å². The maximum Gasteiger partial charge on any atom is 0.371 e. The van der Waals surface area contributed by atoms with Crippen LogP contribution in [0.15, 0.2) is 0 Å². The van der Waals surface area contributed by atoms with Gasteiger partial charge in [-0.2, -0.15) is 11.6 Å². The van der Waals surface area contributed by atoms with Gasteiger partial charge in [0.15, 0.2) is 0 Å². The van der Waals surface area contributed by atoms with Crippen LogP contribution >= 0.6 is 11.6 Å². The molecule has 0 unspecified atom stereocenters. The molecule has 6 heavy (non-hydrogen) atoms. The highest BCUT2D eigenvalue weighted by molar-refractivity contribution is 8.21. The molecule has 35 valence electrons. The summed E-state index contributed by atoms with van der Waals surface area (Å²) in [5.74, 6) is 0. The van der Waals surface area contributed by atoms with Crippen molar-refractivity contribution >= 4 is 18.4 Å². The fourth-order valence-corrected chi connectivity index (χ4v) is 0.408. The molecular weight excluding hydrogens is 94.9 g/mol. The highest BCUT2D eigenvalue weighted by Gasteiger charge is 1.79. The molecule has 0 atom stereocenters. The zero-order valence-electron chi connectivity index (χ0n) is 4.10. The normalized spacial score (nSPS) is 8.33. The van der Waals surface area contributed by atoms with Crippen molar-refractivity contribution in [3.05, 3.63) is 0 Å². The van der Waals surface area contributed by atoms with E-state index in [0.717, 1.165) is 6.61 Å². The van der Waals surface area contributed by atoms with E-state index < -0.39 is 0 Å². The summed E-state index contributed by atoms with van der Waals surface area (Å²) in [6, 6.07) is 0. The molecule has 0 spiro atoms. The molecule has 0 bridgehead atoms. The van der Waals surface area contributed by atoms with E-state index in [0.29, 0.717) is 0 Å². The Bertz CT molecular complexity index is 22.8. The lowest BCUT2D eigenvalue weighted by Crippen LogP contribution is -1.90. The predicted molar refractivity (Wildman–Crippen MR) is 30.9 cm³/mol. The maximum absolute atomic E-state index is 4.82. The Morgan fingerprint density at radius 3 is 2.67 bits per heavy atom. The summed E-state index contributed by atoms with van der Waals surface area (Å²) in [6.07, 6.45) is 1.97. The van der Waals surface area contributed by atoms with Crippen LogP contribution in [0, 0.1) is 0 Å². The van der Waals surface area contributed by atoms with E-state index in [2.05, 4.69) is 0 Å². The summed E-state index contributed by atoms with van der Waals surface area (Å²) in [5.41, 5.74) is 0. The first-order valence-electron chi connectivity index (χ1n) is 1.88. The van der Waals surface area contributed by atoms with Gasteiger partial charge in [0, 0.05) is 6.61 Å². The molecular formula is C3H8BOS. The second-order valence-electron chi connectivity index (χ2n) is 0.787. The van der Waals surface area contributed by atoms with Gasteiger partial charge in [0.05, 0.1) is 0 Å². The van der Waals surface area contributed by atoms with Crippen LogP contribution in [0.5, 0.6) is 0 Å². The van der Waals surface area contributed by atoms with Crippen molar-refractivity contribution < 1.29 is 4.65 Å². The third kappa shape index (κ3) is 4.37. The van der Waals surface area contributed by atoms with Crippen molar-refractivity contribution in [2.24, 2.45) is 0 Å². The first kappa shape index (κ1) is 6.37. The fourth-order valence-electron chi connectivity index (χ4n) is 0.136. The SMILES string of the molecule is CCO[B]SC. The lowest BCUT2D eigenvalue weighted by Gasteiger charge is -1.88. The van der Waals surface area contributed by atoms with Gasteiger partial charge < -0.3 is 4.65 Å². The number of hydrogen-bond donors (Lipinski definition) is 0. The van der Waals surface area contributed by atoms with Gasteiger partial charge in [-0.3, -0.25) is 0 Å². The lowest BCUT2D eigenvalue weighted by molar-refractivity contribution is 0.372. The molecule has 3 heteroatoms. The van der Waals surface area contributed by atoms with E-state index in [9.17, 15) is 0 Å². The van der Waals surface area contributed by atoms with Crippen molar-refractivity contribution in [3.63, 3.8) is 0 Å². The highest BCUT2D eigenvalue weighted by Crippen LogP contribution is 1.85. The molecule has 0 aromatic rings. The highest BCUT2D eigenvalue weighted by atomic mass is 32.2. The summed E-state index contributed by atoms with van der Waals surface area (Å²) >= 11 is 1.58. The largest absolute Gasteiger partial charge is 0.429 e. The molecule has 0 saturated heterocycles. The van der Waals surface area contributed by atoms with E-state index in [1.807, 2.05) is 13.2 Å². The summed E-state index contributed by atoms with van der Waals surface area (Å²) in [6.45, 7) is 4.47. The lowest BCUT2D eigenvalue weighted by atomic mass is 10.5. The van der Waals surface area contributed by atoms with Gasteiger partial charge in [-0.1, -0.05) is 0 Å². The topological polar surface area (TPSA) is 9.23 Å². The molecule has 0 aromatic carbocycles. The van der Waals surface area contributed by atoms with E-state index in [1.54, 1.807) is 18.4 Å². The minimum absolute atomic E-state index is 0.779. The standard InChI is InChI=1S/C3H8BOS/c1-3-5-4-6-2/h3H2,1-2H3. The molecule has 0 amide bonds. The number of rotatable bonds is 3. The van der Waals surface area contributed by atoms with Gasteiger partial charge in [-0.05, 0) is 13.2 Å². The van der Waals surface area contributed by atoms with E-state index >= 15 is 0 Å². The molecule has 0 aliphatic heterocycles. The van der Waals surface area contributed by atoms with Gasteiger partial charge in [0.1, 0.15) is 0 Å². The molecule has 0 fully saturated rings. The van der Waals surface area contributed by atoms with Gasteiger partial charge in [-0.25, -0.2) is 0 Å². The van der Waals surface area contributed by atoms with E-state index in [-0.39, 0.29) is 0 Å². The van der Waals surface area contributed by atoms with Crippen LogP contribution in [0.4, 0.5) is 0 Å². The van der Waals surface area contributed by atoms with Crippen molar-refractivity contribution in [2.75, 3.05) is 12.9 Å². The molecule has 1 nitrogen and oxygen atoms in total. The Balaban J connectivity index is 2.34. The van der Waals surface area contributed by atoms with Crippen LogP contribution in [-0.4, -0.2) is 19.6 Å². The minimum Gasteiger partial charge on any atom is -0.429 e. The van der Waals surface area contributed by atoms with Gasteiger partial charge in [-0.15, -0.1) is 0 Å². The molecule has 0 saturated carbocycles. The van der Waals surface area contributed by atoms with Crippen molar-refractivity contribution in [3.8, 4) is 0 Å². The minimum atomic E-state index is 0.779. The van der Waals surface area contributed by atoms with Crippen LogP contribution in [0.1, 0.15) is 6.92 Å². The Kier molecular flexibility index (Phi) is 5.71. The van der Waals surface area contributed by atoms with Crippen LogP contribution in [0.3, 0.4) is 0 Å². The monoisotopic (exact) mass is 103 g/mol. The quantitative estimate of drug-likeness (QED) is 0.388. The average molecular weight is 103 g/mol. The fraction of sp³-hybridized carbons (Fsp3) is 1.00. The Morgan fingerprint density at radius 2 is 2.50 bits per heavy atom. The Labute approximate surface area is 43.6 Å².